The van der Waals surface area contributed by atoms with Crippen molar-refractivity contribution in [1.29, 1.82) is 0 Å². The molecular formula is C21H18N4O5S. The standard InChI is InChI=1S/C21H18N4O5S/c1-2-29-20(28)13-5-9-15(10-6-13)25-17(26)11-16(19(25)27)31-21-24-23-18(30-21)12-3-7-14(22)8-4-12/h3-10,16H,2,11,22H2,1H3. The molecule has 0 bridgehead atoms. The highest BCUT2D eigenvalue weighted by atomic mass is 32.2. The quantitative estimate of drug-likeness (QED) is 0.351. The van der Waals surface area contributed by atoms with Crippen LogP contribution in [0.5, 0.6) is 0 Å². The van der Waals surface area contributed by atoms with Gasteiger partial charge in [0.2, 0.25) is 17.7 Å². The number of benzene rings is 2. The number of esters is 1. The first-order valence-electron chi connectivity index (χ1n) is 9.46. The molecule has 2 heterocycles. The number of imide groups is 1. The minimum atomic E-state index is -0.683. The summed E-state index contributed by atoms with van der Waals surface area (Å²) in [5, 5.41) is 7.46. The van der Waals surface area contributed by atoms with Crippen molar-refractivity contribution in [1.82, 2.24) is 10.2 Å². The number of thioether (sulfide) groups is 1. The maximum absolute atomic E-state index is 12.8. The van der Waals surface area contributed by atoms with Crippen LogP contribution in [0.4, 0.5) is 11.4 Å². The smallest absolute Gasteiger partial charge is 0.338 e. The summed E-state index contributed by atoms with van der Waals surface area (Å²) in [5.41, 5.74) is 7.72. The van der Waals surface area contributed by atoms with Gasteiger partial charge in [-0.25, -0.2) is 9.69 Å². The van der Waals surface area contributed by atoms with Crippen molar-refractivity contribution in [3.63, 3.8) is 0 Å². The fraction of sp³-hybridized carbons (Fsp3) is 0.190. The Kier molecular flexibility index (Phi) is 5.72. The number of carbonyl (C=O) groups excluding carboxylic acids is 3. The lowest BCUT2D eigenvalue weighted by Crippen LogP contribution is -2.31. The van der Waals surface area contributed by atoms with Crippen molar-refractivity contribution in [3.8, 4) is 11.5 Å². The molecular weight excluding hydrogens is 420 g/mol. The summed E-state index contributed by atoms with van der Waals surface area (Å²) < 4.78 is 10.6. The zero-order chi connectivity index (χ0) is 22.0. The van der Waals surface area contributed by atoms with Gasteiger partial charge in [-0.3, -0.25) is 9.59 Å². The first-order valence-corrected chi connectivity index (χ1v) is 10.3. The molecule has 1 saturated heterocycles. The second kappa shape index (κ2) is 8.60. The highest BCUT2D eigenvalue weighted by molar-refractivity contribution is 8.00. The molecule has 1 fully saturated rings. The minimum Gasteiger partial charge on any atom is -0.462 e. The van der Waals surface area contributed by atoms with Gasteiger partial charge >= 0.3 is 5.97 Å². The highest BCUT2D eigenvalue weighted by Crippen LogP contribution is 2.34. The molecule has 0 radical (unpaired) electrons. The van der Waals surface area contributed by atoms with Crippen molar-refractivity contribution >= 4 is 40.9 Å². The van der Waals surface area contributed by atoms with Crippen LogP contribution in [-0.4, -0.2) is 39.8 Å². The minimum absolute atomic E-state index is 0.00269. The van der Waals surface area contributed by atoms with Crippen LogP contribution < -0.4 is 10.6 Å². The lowest BCUT2D eigenvalue weighted by atomic mass is 10.2. The first-order chi connectivity index (χ1) is 15.0. The van der Waals surface area contributed by atoms with Crippen molar-refractivity contribution in [3.05, 3.63) is 54.1 Å². The molecule has 158 valence electrons. The molecule has 10 heteroatoms. The largest absolute Gasteiger partial charge is 0.462 e. The number of hydrogen-bond donors (Lipinski definition) is 1. The lowest BCUT2D eigenvalue weighted by molar-refractivity contribution is -0.121. The molecule has 1 aliphatic heterocycles. The number of nitrogen functional groups attached to an aromatic ring is 1. The Morgan fingerprint density at radius 3 is 2.55 bits per heavy atom. The molecule has 2 aromatic carbocycles. The molecule has 4 rings (SSSR count). The number of aromatic nitrogens is 2. The number of carbonyl (C=O) groups is 3. The van der Waals surface area contributed by atoms with Gasteiger partial charge in [-0.05, 0) is 55.5 Å². The number of anilines is 2. The van der Waals surface area contributed by atoms with Crippen LogP contribution in [-0.2, 0) is 14.3 Å². The van der Waals surface area contributed by atoms with Crippen LogP contribution in [0.2, 0.25) is 0 Å². The summed E-state index contributed by atoms with van der Waals surface area (Å²) in [7, 11) is 0. The van der Waals surface area contributed by atoms with Gasteiger partial charge in [0.25, 0.3) is 5.22 Å². The van der Waals surface area contributed by atoms with E-state index in [2.05, 4.69) is 10.2 Å². The van der Waals surface area contributed by atoms with E-state index in [1.54, 1.807) is 43.3 Å². The van der Waals surface area contributed by atoms with Gasteiger partial charge < -0.3 is 14.9 Å². The van der Waals surface area contributed by atoms with Crippen LogP contribution in [0.3, 0.4) is 0 Å². The number of nitrogens with two attached hydrogens (primary N) is 1. The van der Waals surface area contributed by atoms with E-state index in [4.69, 9.17) is 14.9 Å². The first kappa shape index (κ1) is 20.6. The number of hydrogen-bond acceptors (Lipinski definition) is 9. The van der Waals surface area contributed by atoms with E-state index in [0.29, 0.717) is 28.4 Å². The summed E-state index contributed by atoms with van der Waals surface area (Å²) in [6.45, 7) is 1.98. The Labute approximate surface area is 181 Å². The summed E-state index contributed by atoms with van der Waals surface area (Å²) >= 11 is 1.04. The maximum Gasteiger partial charge on any atom is 0.338 e. The normalized spacial score (nSPS) is 16.0. The van der Waals surface area contributed by atoms with Gasteiger partial charge in [-0.15, -0.1) is 10.2 Å². The van der Waals surface area contributed by atoms with E-state index >= 15 is 0 Å². The van der Waals surface area contributed by atoms with Crippen LogP contribution in [0.1, 0.15) is 23.7 Å². The van der Waals surface area contributed by atoms with E-state index in [-0.39, 0.29) is 30.1 Å². The van der Waals surface area contributed by atoms with Crippen LogP contribution in [0.15, 0.2) is 58.2 Å². The molecule has 1 atom stereocenters. The fourth-order valence-electron chi connectivity index (χ4n) is 3.05. The van der Waals surface area contributed by atoms with Gasteiger partial charge in [-0.2, -0.15) is 0 Å². The second-order valence-corrected chi connectivity index (χ2v) is 7.79. The summed E-state index contributed by atoms with van der Waals surface area (Å²) in [4.78, 5) is 38.2. The third-order valence-corrected chi connectivity index (χ3v) is 5.57. The molecule has 0 aliphatic carbocycles. The Balaban J connectivity index is 1.46. The molecule has 1 unspecified atom stereocenters. The van der Waals surface area contributed by atoms with Gasteiger partial charge in [0.15, 0.2) is 0 Å². The van der Waals surface area contributed by atoms with Gasteiger partial charge in [0.1, 0.15) is 5.25 Å². The third kappa shape index (κ3) is 4.29. The van der Waals surface area contributed by atoms with Gasteiger partial charge in [-0.1, -0.05) is 11.8 Å². The second-order valence-electron chi connectivity index (χ2n) is 6.64. The Bertz CT molecular complexity index is 1130. The number of rotatable bonds is 6. The monoisotopic (exact) mass is 438 g/mol. The molecule has 1 aromatic heterocycles. The number of ether oxygens (including phenoxy) is 1. The molecule has 0 spiro atoms. The average Bonchev–Trinajstić information content (AvgIpc) is 3.33. The summed E-state index contributed by atoms with van der Waals surface area (Å²) in [6.07, 6.45) is 0.00269. The molecule has 2 amide bonds. The molecule has 0 saturated carbocycles. The molecule has 2 N–H and O–H groups in total. The topological polar surface area (TPSA) is 129 Å². The number of nitrogens with zero attached hydrogens (tertiary/aromatic N) is 3. The van der Waals surface area contributed by atoms with Crippen LogP contribution >= 0.6 is 11.8 Å². The number of amides is 2. The zero-order valence-electron chi connectivity index (χ0n) is 16.5. The van der Waals surface area contributed by atoms with Crippen molar-refractivity contribution < 1.29 is 23.5 Å². The molecule has 31 heavy (non-hydrogen) atoms. The van der Waals surface area contributed by atoms with Crippen molar-refractivity contribution in [2.24, 2.45) is 0 Å². The van der Waals surface area contributed by atoms with Gasteiger partial charge in [0.05, 0.1) is 17.9 Å². The zero-order valence-corrected chi connectivity index (χ0v) is 17.3. The average molecular weight is 438 g/mol. The SMILES string of the molecule is CCOC(=O)c1ccc(N2C(=O)CC(Sc3nnc(-c4ccc(N)cc4)o3)C2=O)cc1. The molecule has 3 aromatic rings. The lowest BCUT2D eigenvalue weighted by Gasteiger charge is -2.14. The third-order valence-electron chi connectivity index (χ3n) is 4.55. The van der Waals surface area contributed by atoms with Crippen LogP contribution in [0.25, 0.3) is 11.5 Å². The fourth-order valence-corrected chi connectivity index (χ4v) is 3.94. The Hall–Kier alpha value is -3.66. The molecule has 1 aliphatic rings. The van der Waals surface area contributed by atoms with Crippen molar-refractivity contribution in [2.75, 3.05) is 17.2 Å². The molecule has 9 nitrogen and oxygen atoms in total. The predicted molar refractivity (Wildman–Crippen MR) is 113 cm³/mol. The summed E-state index contributed by atoms with van der Waals surface area (Å²) in [6, 6.07) is 13.1. The van der Waals surface area contributed by atoms with E-state index in [1.165, 1.54) is 12.1 Å². The van der Waals surface area contributed by atoms with Gasteiger partial charge in [0, 0.05) is 17.7 Å². The summed E-state index contributed by atoms with van der Waals surface area (Å²) in [5.74, 6) is -0.892. The van der Waals surface area contributed by atoms with E-state index in [0.717, 1.165) is 16.7 Å². The highest BCUT2D eigenvalue weighted by Gasteiger charge is 2.41. The van der Waals surface area contributed by atoms with E-state index in [1.807, 2.05) is 0 Å². The Morgan fingerprint density at radius 1 is 1.16 bits per heavy atom. The van der Waals surface area contributed by atoms with Crippen molar-refractivity contribution in [2.45, 2.75) is 23.8 Å². The maximum atomic E-state index is 12.8. The van der Waals surface area contributed by atoms with E-state index < -0.39 is 11.2 Å². The van der Waals surface area contributed by atoms with Crippen LogP contribution in [0, 0.1) is 0 Å². The van der Waals surface area contributed by atoms with E-state index in [9.17, 15) is 14.4 Å². The Morgan fingerprint density at radius 2 is 1.87 bits per heavy atom. The predicted octanol–water partition coefficient (Wildman–Crippen LogP) is 2.92.